The molecule has 1 aliphatic heterocycles. The molecule has 0 saturated carbocycles. The number of imidazole rings is 1. The Hall–Kier alpha value is -3.15. The van der Waals surface area contributed by atoms with Gasteiger partial charge in [0.1, 0.15) is 17.4 Å². The van der Waals surface area contributed by atoms with Gasteiger partial charge >= 0.3 is 0 Å². The standard InChI is InChI=1S/C23H26N4O2/c1-17-24-12-14-27(17)22-7-3-6-21(25-22)19-5-4-13-26(16-19)23(28)15-18-8-10-20(29-2)11-9-18/h3,6-12,14,19H,4-5,13,15-16H2,1-2H3/t19-/m1/s1. The lowest BCUT2D eigenvalue weighted by Crippen LogP contribution is -2.40. The Morgan fingerprint density at radius 2 is 2.03 bits per heavy atom. The molecule has 6 nitrogen and oxygen atoms in total. The van der Waals surface area contributed by atoms with Crippen LogP contribution in [0, 0.1) is 6.92 Å². The first-order valence-electron chi connectivity index (χ1n) is 10.0. The van der Waals surface area contributed by atoms with Gasteiger partial charge in [0, 0.05) is 37.1 Å². The van der Waals surface area contributed by atoms with Gasteiger partial charge in [0.25, 0.3) is 0 Å². The van der Waals surface area contributed by atoms with Gasteiger partial charge in [0.05, 0.1) is 13.5 Å². The van der Waals surface area contributed by atoms with E-state index in [0.717, 1.165) is 48.0 Å². The second-order valence-electron chi connectivity index (χ2n) is 7.47. The van der Waals surface area contributed by atoms with Crippen molar-refractivity contribution in [1.82, 2.24) is 19.4 Å². The van der Waals surface area contributed by atoms with Crippen LogP contribution in [0.25, 0.3) is 5.82 Å². The van der Waals surface area contributed by atoms with Crippen LogP contribution in [0.5, 0.6) is 5.75 Å². The van der Waals surface area contributed by atoms with Crippen molar-refractivity contribution in [3.05, 3.63) is 71.9 Å². The fourth-order valence-electron chi connectivity index (χ4n) is 3.90. The Morgan fingerprint density at radius 3 is 2.76 bits per heavy atom. The van der Waals surface area contributed by atoms with Crippen LogP contribution in [0.2, 0.25) is 0 Å². The maximum atomic E-state index is 12.9. The van der Waals surface area contributed by atoms with E-state index in [9.17, 15) is 4.79 Å². The van der Waals surface area contributed by atoms with Crippen LogP contribution in [0.1, 0.15) is 35.8 Å². The van der Waals surface area contributed by atoms with Crippen molar-refractivity contribution in [2.24, 2.45) is 0 Å². The highest BCUT2D eigenvalue weighted by Gasteiger charge is 2.26. The van der Waals surface area contributed by atoms with Crippen LogP contribution in [0.4, 0.5) is 0 Å². The van der Waals surface area contributed by atoms with Gasteiger partial charge in [-0.3, -0.25) is 9.36 Å². The van der Waals surface area contributed by atoms with E-state index in [2.05, 4.69) is 11.1 Å². The molecule has 1 aliphatic rings. The molecule has 0 radical (unpaired) electrons. The topological polar surface area (TPSA) is 60.2 Å². The zero-order valence-corrected chi connectivity index (χ0v) is 16.9. The van der Waals surface area contributed by atoms with Gasteiger partial charge in [-0.25, -0.2) is 9.97 Å². The van der Waals surface area contributed by atoms with Crippen LogP contribution in [-0.4, -0.2) is 45.5 Å². The van der Waals surface area contributed by atoms with Crippen LogP contribution < -0.4 is 4.74 Å². The number of amides is 1. The molecule has 0 N–H and O–H groups in total. The summed E-state index contributed by atoms with van der Waals surface area (Å²) in [5.74, 6) is 3.01. The first-order valence-corrected chi connectivity index (χ1v) is 10.0. The molecule has 29 heavy (non-hydrogen) atoms. The van der Waals surface area contributed by atoms with E-state index >= 15 is 0 Å². The number of piperidine rings is 1. The molecule has 1 aromatic carbocycles. The molecule has 1 atom stereocenters. The predicted octanol–water partition coefficient (Wildman–Crippen LogP) is 3.53. The third-order valence-corrected chi connectivity index (χ3v) is 5.54. The second-order valence-corrected chi connectivity index (χ2v) is 7.47. The van der Waals surface area contributed by atoms with Crippen molar-refractivity contribution in [2.75, 3.05) is 20.2 Å². The molecule has 6 heteroatoms. The summed E-state index contributed by atoms with van der Waals surface area (Å²) in [6.07, 6.45) is 6.16. The van der Waals surface area contributed by atoms with Gasteiger partial charge in [0.15, 0.2) is 0 Å². The molecule has 4 rings (SSSR count). The number of pyridine rings is 1. The Morgan fingerprint density at radius 1 is 1.21 bits per heavy atom. The Kier molecular flexibility index (Phi) is 5.60. The smallest absolute Gasteiger partial charge is 0.227 e. The fourth-order valence-corrected chi connectivity index (χ4v) is 3.90. The third-order valence-electron chi connectivity index (χ3n) is 5.54. The normalized spacial score (nSPS) is 16.6. The summed E-state index contributed by atoms with van der Waals surface area (Å²) in [6, 6.07) is 13.8. The Labute approximate surface area is 171 Å². The SMILES string of the molecule is COc1ccc(CC(=O)N2CCC[C@@H](c3cccc(-n4ccnc4C)n3)C2)cc1. The number of nitrogens with zero attached hydrogens (tertiary/aromatic N) is 4. The van der Waals surface area contributed by atoms with E-state index in [1.807, 2.05) is 59.0 Å². The van der Waals surface area contributed by atoms with Gasteiger partial charge in [-0.1, -0.05) is 18.2 Å². The van der Waals surface area contributed by atoms with E-state index in [-0.39, 0.29) is 11.8 Å². The quantitative estimate of drug-likeness (QED) is 0.669. The molecular formula is C23H26N4O2. The summed E-state index contributed by atoms with van der Waals surface area (Å²) < 4.78 is 7.17. The lowest BCUT2D eigenvalue weighted by atomic mass is 9.93. The van der Waals surface area contributed by atoms with Crippen LogP contribution in [0.3, 0.4) is 0 Å². The van der Waals surface area contributed by atoms with E-state index in [0.29, 0.717) is 13.0 Å². The summed E-state index contributed by atoms with van der Waals surface area (Å²) in [7, 11) is 1.64. The van der Waals surface area contributed by atoms with Gasteiger partial charge in [0.2, 0.25) is 5.91 Å². The zero-order valence-electron chi connectivity index (χ0n) is 16.9. The summed E-state index contributed by atoms with van der Waals surface area (Å²) in [5.41, 5.74) is 2.05. The van der Waals surface area contributed by atoms with Crippen molar-refractivity contribution >= 4 is 5.91 Å². The number of aryl methyl sites for hydroxylation is 1. The number of rotatable bonds is 5. The van der Waals surface area contributed by atoms with Gasteiger partial charge in [-0.05, 0) is 49.6 Å². The Balaban J connectivity index is 1.45. The van der Waals surface area contributed by atoms with Crippen molar-refractivity contribution < 1.29 is 9.53 Å². The minimum absolute atomic E-state index is 0.168. The molecule has 1 saturated heterocycles. The van der Waals surface area contributed by atoms with Gasteiger partial charge in [-0.15, -0.1) is 0 Å². The molecule has 3 heterocycles. The molecule has 0 spiro atoms. The first kappa shape index (κ1) is 19.2. The molecule has 1 amide bonds. The monoisotopic (exact) mass is 390 g/mol. The minimum Gasteiger partial charge on any atom is -0.497 e. The van der Waals surface area contributed by atoms with Gasteiger partial charge < -0.3 is 9.64 Å². The average Bonchev–Trinajstić information content (AvgIpc) is 3.20. The number of aromatic nitrogens is 3. The van der Waals surface area contributed by atoms with E-state index < -0.39 is 0 Å². The van der Waals surface area contributed by atoms with E-state index in [4.69, 9.17) is 9.72 Å². The molecule has 1 fully saturated rings. The number of hydrogen-bond acceptors (Lipinski definition) is 4. The number of benzene rings is 1. The molecule has 0 aliphatic carbocycles. The highest BCUT2D eigenvalue weighted by atomic mass is 16.5. The largest absolute Gasteiger partial charge is 0.497 e. The maximum absolute atomic E-state index is 12.9. The summed E-state index contributed by atoms with van der Waals surface area (Å²) in [5, 5.41) is 0. The van der Waals surface area contributed by atoms with Crippen molar-refractivity contribution in [2.45, 2.75) is 32.1 Å². The number of likely N-dealkylation sites (tertiary alicyclic amines) is 1. The number of hydrogen-bond donors (Lipinski definition) is 0. The molecule has 150 valence electrons. The van der Waals surface area contributed by atoms with Crippen LogP contribution >= 0.6 is 0 Å². The number of carbonyl (C=O) groups excluding carboxylic acids is 1. The lowest BCUT2D eigenvalue weighted by molar-refractivity contribution is -0.131. The van der Waals surface area contributed by atoms with Crippen molar-refractivity contribution in [1.29, 1.82) is 0 Å². The van der Waals surface area contributed by atoms with E-state index in [1.54, 1.807) is 13.3 Å². The second kappa shape index (κ2) is 8.47. The molecule has 0 unspecified atom stereocenters. The molecule has 0 bridgehead atoms. The molecular weight excluding hydrogens is 364 g/mol. The fraction of sp³-hybridized carbons (Fsp3) is 0.348. The van der Waals surface area contributed by atoms with Gasteiger partial charge in [-0.2, -0.15) is 0 Å². The maximum Gasteiger partial charge on any atom is 0.227 e. The highest BCUT2D eigenvalue weighted by molar-refractivity contribution is 5.79. The zero-order chi connectivity index (χ0) is 20.2. The molecule has 2 aromatic heterocycles. The number of methoxy groups -OCH3 is 1. The first-order chi connectivity index (χ1) is 14.1. The minimum atomic E-state index is 0.168. The lowest BCUT2D eigenvalue weighted by Gasteiger charge is -2.32. The number of ether oxygens (including phenoxy) is 1. The van der Waals surface area contributed by atoms with Crippen LogP contribution in [-0.2, 0) is 11.2 Å². The third kappa shape index (κ3) is 4.31. The van der Waals surface area contributed by atoms with Crippen LogP contribution in [0.15, 0.2) is 54.9 Å². The molecule has 3 aromatic rings. The summed E-state index contributed by atoms with van der Waals surface area (Å²) in [4.78, 5) is 24.0. The van der Waals surface area contributed by atoms with Crippen molar-refractivity contribution in [3.8, 4) is 11.6 Å². The highest BCUT2D eigenvalue weighted by Crippen LogP contribution is 2.27. The van der Waals surface area contributed by atoms with E-state index in [1.165, 1.54) is 0 Å². The van der Waals surface area contributed by atoms with Crippen molar-refractivity contribution in [3.63, 3.8) is 0 Å². The summed E-state index contributed by atoms with van der Waals surface area (Å²) in [6.45, 7) is 3.49. The summed E-state index contributed by atoms with van der Waals surface area (Å²) >= 11 is 0. The Bertz CT molecular complexity index is 981. The number of carbonyl (C=O) groups is 1. The predicted molar refractivity (Wildman–Crippen MR) is 111 cm³/mol. The average molecular weight is 390 g/mol.